The molecule has 1 aromatic rings. The summed E-state index contributed by atoms with van der Waals surface area (Å²) in [5, 5.41) is 9.55. The van der Waals surface area contributed by atoms with Gasteiger partial charge in [-0.2, -0.15) is 4.31 Å². The van der Waals surface area contributed by atoms with E-state index in [0.717, 1.165) is 69.2 Å². The zero-order valence-electron chi connectivity index (χ0n) is 18.6. The Kier molecular flexibility index (Phi) is 9.80. The number of β-amino-alcohol motifs (C(OH)–C–C–N with tert-alkyl or cyclic N) is 1. The van der Waals surface area contributed by atoms with Gasteiger partial charge in [-0.1, -0.05) is 28.8 Å². The molecule has 0 aromatic heterocycles. The molecule has 0 bridgehead atoms. The molecule has 8 heteroatoms. The highest BCUT2D eigenvalue weighted by Crippen LogP contribution is 2.28. The number of halogens is 1. The standard InChI is InChI=1S/C23H37BrN2O4S/c1-25(31(28,29)23-12-6-19(24)7-13-23)20-8-10-22(11-9-20)30-17-5-3-2-4-15-26-16-14-21(27)18-26/h6-7,12-13,20-22,27H,2-5,8-11,14-18H2,1H3. The predicted octanol–water partition coefficient (Wildman–Crippen LogP) is 4.02. The molecule has 176 valence electrons. The van der Waals surface area contributed by atoms with E-state index in [9.17, 15) is 13.5 Å². The Morgan fingerprint density at radius 1 is 1.06 bits per heavy atom. The monoisotopic (exact) mass is 516 g/mol. The summed E-state index contributed by atoms with van der Waals surface area (Å²) >= 11 is 3.35. The summed E-state index contributed by atoms with van der Waals surface area (Å²) in [6.45, 7) is 3.77. The lowest BCUT2D eigenvalue weighted by Gasteiger charge is -2.34. The van der Waals surface area contributed by atoms with Gasteiger partial charge in [0, 0.05) is 37.3 Å². The first kappa shape index (κ1) is 25.1. The zero-order chi connectivity index (χ0) is 22.3. The quantitative estimate of drug-likeness (QED) is 0.449. The number of likely N-dealkylation sites (tertiary alicyclic amines) is 1. The third-order valence-corrected chi connectivity index (χ3v) is 9.07. The topological polar surface area (TPSA) is 70.1 Å². The number of benzene rings is 1. The highest BCUT2D eigenvalue weighted by atomic mass is 79.9. The lowest BCUT2D eigenvalue weighted by atomic mass is 9.93. The van der Waals surface area contributed by atoms with Crippen LogP contribution >= 0.6 is 15.9 Å². The number of unbranched alkanes of at least 4 members (excludes halogenated alkanes) is 3. The van der Waals surface area contributed by atoms with Crippen molar-refractivity contribution in [1.29, 1.82) is 0 Å². The second-order valence-electron chi connectivity index (χ2n) is 8.93. The van der Waals surface area contributed by atoms with Gasteiger partial charge in [-0.3, -0.25) is 0 Å². The highest BCUT2D eigenvalue weighted by molar-refractivity contribution is 9.10. The number of ether oxygens (including phenoxy) is 1. The molecular formula is C23H37BrN2O4S. The Hall–Kier alpha value is -0.510. The summed E-state index contributed by atoms with van der Waals surface area (Å²) in [5.41, 5.74) is 0. The van der Waals surface area contributed by atoms with Crippen molar-refractivity contribution in [3.63, 3.8) is 0 Å². The van der Waals surface area contributed by atoms with E-state index in [1.54, 1.807) is 35.6 Å². The second kappa shape index (κ2) is 12.1. The number of sulfonamides is 1. The molecule has 1 atom stereocenters. The van der Waals surface area contributed by atoms with Gasteiger partial charge in [0.2, 0.25) is 10.0 Å². The molecule has 0 radical (unpaired) electrons. The van der Waals surface area contributed by atoms with Crippen LogP contribution in [0.1, 0.15) is 57.8 Å². The van der Waals surface area contributed by atoms with Gasteiger partial charge >= 0.3 is 0 Å². The number of hydrogen-bond donors (Lipinski definition) is 1. The molecular weight excluding hydrogens is 480 g/mol. The SMILES string of the molecule is CN(C1CCC(OCCCCCCN2CCC(O)C2)CC1)S(=O)(=O)c1ccc(Br)cc1. The predicted molar refractivity (Wildman–Crippen MR) is 127 cm³/mol. The number of rotatable bonds is 11. The number of aliphatic hydroxyl groups excluding tert-OH is 1. The fourth-order valence-corrected chi connectivity index (χ4v) is 6.28. The fraction of sp³-hybridized carbons (Fsp3) is 0.739. The van der Waals surface area contributed by atoms with Gasteiger partial charge in [-0.05, 0) is 75.8 Å². The van der Waals surface area contributed by atoms with Crippen molar-refractivity contribution in [3.05, 3.63) is 28.7 Å². The van der Waals surface area contributed by atoms with Crippen LogP contribution in [0.3, 0.4) is 0 Å². The fourth-order valence-electron chi connectivity index (χ4n) is 4.60. The zero-order valence-corrected chi connectivity index (χ0v) is 21.0. The van der Waals surface area contributed by atoms with Crippen molar-refractivity contribution in [2.45, 2.75) is 80.9 Å². The Morgan fingerprint density at radius 3 is 2.39 bits per heavy atom. The molecule has 2 fully saturated rings. The van der Waals surface area contributed by atoms with Crippen LogP contribution in [-0.4, -0.2) is 74.3 Å². The summed E-state index contributed by atoms with van der Waals surface area (Å²) in [6, 6.07) is 6.88. The van der Waals surface area contributed by atoms with E-state index in [2.05, 4.69) is 20.8 Å². The first-order valence-corrected chi connectivity index (χ1v) is 13.8. The van der Waals surface area contributed by atoms with Gasteiger partial charge in [0.25, 0.3) is 0 Å². The van der Waals surface area contributed by atoms with E-state index < -0.39 is 10.0 Å². The molecule has 1 N–H and O–H groups in total. The Balaban J connectivity index is 1.28. The number of nitrogens with zero attached hydrogens (tertiary/aromatic N) is 2. The lowest BCUT2D eigenvalue weighted by molar-refractivity contribution is 0.0156. The first-order chi connectivity index (χ1) is 14.9. The van der Waals surface area contributed by atoms with Gasteiger partial charge in [0.1, 0.15) is 0 Å². The maximum absolute atomic E-state index is 12.9. The van der Waals surface area contributed by atoms with Crippen LogP contribution in [0.2, 0.25) is 0 Å². The molecule has 3 rings (SSSR count). The van der Waals surface area contributed by atoms with E-state index in [4.69, 9.17) is 4.74 Å². The van der Waals surface area contributed by atoms with Crippen molar-refractivity contribution in [1.82, 2.24) is 9.21 Å². The van der Waals surface area contributed by atoms with Crippen LogP contribution in [0, 0.1) is 0 Å². The van der Waals surface area contributed by atoms with Crippen molar-refractivity contribution in [2.75, 3.05) is 33.3 Å². The largest absolute Gasteiger partial charge is 0.392 e. The van der Waals surface area contributed by atoms with Crippen LogP contribution in [0.15, 0.2) is 33.6 Å². The maximum atomic E-state index is 12.9. The summed E-state index contributed by atoms with van der Waals surface area (Å²) in [5.74, 6) is 0. The van der Waals surface area contributed by atoms with Gasteiger partial charge in [-0.15, -0.1) is 0 Å². The third-order valence-electron chi connectivity index (χ3n) is 6.62. The van der Waals surface area contributed by atoms with Crippen molar-refractivity contribution >= 4 is 26.0 Å². The molecule has 0 amide bonds. The van der Waals surface area contributed by atoms with E-state index in [0.29, 0.717) is 4.90 Å². The maximum Gasteiger partial charge on any atom is 0.243 e. The van der Waals surface area contributed by atoms with Crippen LogP contribution in [-0.2, 0) is 14.8 Å². The normalized spacial score (nSPS) is 25.4. The molecule has 31 heavy (non-hydrogen) atoms. The Bertz CT molecular complexity index is 766. The van der Waals surface area contributed by atoms with Crippen LogP contribution in [0.25, 0.3) is 0 Å². The molecule has 1 heterocycles. The average Bonchev–Trinajstić information content (AvgIpc) is 3.18. The van der Waals surface area contributed by atoms with Crippen molar-refractivity contribution in [2.24, 2.45) is 0 Å². The molecule has 0 spiro atoms. The minimum Gasteiger partial charge on any atom is -0.392 e. The van der Waals surface area contributed by atoms with E-state index >= 15 is 0 Å². The summed E-state index contributed by atoms with van der Waals surface area (Å²) in [6.07, 6.45) is 9.25. The average molecular weight is 518 g/mol. The van der Waals surface area contributed by atoms with Crippen LogP contribution < -0.4 is 0 Å². The van der Waals surface area contributed by atoms with E-state index in [1.807, 2.05) is 0 Å². The molecule has 1 aliphatic carbocycles. The van der Waals surface area contributed by atoms with Crippen molar-refractivity contribution < 1.29 is 18.3 Å². The molecule has 1 aromatic carbocycles. The lowest BCUT2D eigenvalue weighted by Crippen LogP contribution is -2.40. The minimum absolute atomic E-state index is 0.0394. The minimum atomic E-state index is -3.46. The Morgan fingerprint density at radius 2 is 1.74 bits per heavy atom. The van der Waals surface area contributed by atoms with Crippen LogP contribution in [0.5, 0.6) is 0 Å². The van der Waals surface area contributed by atoms with Gasteiger partial charge in [0.15, 0.2) is 0 Å². The van der Waals surface area contributed by atoms with Gasteiger partial charge in [0.05, 0.1) is 17.1 Å². The van der Waals surface area contributed by atoms with Crippen LogP contribution in [0.4, 0.5) is 0 Å². The summed E-state index contributed by atoms with van der Waals surface area (Å²) < 4.78 is 34.3. The van der Waals surface area contributed by atoms with E-state index in [-0.39, 0.29) is 18.2 Å². The molecule has 1 saturated heterocycles. The molecule has 6 nitrogen and oxygen atoms in total. The smallest absolute Gasteiger partial charge is 0.243 e. The molecule has 1 aliphatic heterocycles. The third kappa shape index (κ3) is 7.51. The van der Waals surface area contributed by atoms with E-state index in [1.165, 1.54) is 19.3 Å². The van der Waals surface area contributed by atoms with Crippen molar-refractivity contribution in [3.8, 4) is 0 Å². The van der Waals surface area contributed by atoms with Gasteiger partial charge in [-0.25, -0.2) is 8.42 Å². The van der Waals surface area contributed by atoms with Gasteiger partial charge < -0.3 is 14.7 Å². The number of hydrogen-bond acceptors (Lipinski definition) is 5. The number of aliphatic hydroxyl groups is 1. The summed E-state index contributed by atoms with van der Waals surface area (Å²) in [4.78, 5) is 2.70. The Labute approximate surface area is 196 Å². The molecule has 1 saturated carbocycles. The summed E-state index contributed by atoms with van der Waals surface area (Å²) in [7, 11) is -1.76. The molecule has 1 unspecified atom stereocenters. The molecule has 2 aliphatic rings. The second-order valence-corrected chi connectivity index (χ2v) is 11.8. The highest BCUT2D eigenvalue weighted by Gasteiger charge is 2.31. The first-order valence-electron chi connectivity index (χ1n) is 11.6.